The largest absolute Gasteiger partial charge is 0.332 e. The minimum atomic E-state index is -3.41. The van der Waals surface area contributed by atoms with Crippen LogP contribution in [0.25, 0.3) is 0 Å². The number of H-pyrrole nitrogens is 1. The molecular weight excluding hydrogens is 365 g/mol. The highest BCUT2D eigenvalue weighted by Crippen LogP contribution is 2.07. The predicted octanol–water partition coefficient (Wildman–Crippen LogP) is 2.25. The van der Waals surface area contributed by atoms with Crippen molar-refractivity contribution in [2.45, 2.75) is 44.1 Å². The van der Waals surface area contributed by atoms with Crippen LogP contribution >= 0.6 is 22.6 Å². The summed E-state index contributed by atoms with van der Waals surface area (Å²) < 4.78 is 27.5. The van der Waals surface area contributed by atoms with Gasteiger partial charge in [-0.05, 0) is 17.3 Å². The van der Waals surface area contributed by atoms with E-state index in [0.717, 1.165) is 23.7 Å². The van der Waals surface area contributed by atoms with Gasteiger partial charge in [-0.25, -0.2) is 18.1 Å². The highest BCUT2D eigenvalue weighted by Gasteiger charge is 2.15. The Hall–Kier alpha value is -0.150. The van der Waals surface area contributed by atoms with Crippen molar-refractivity contribution in [2.24, 2.45) is 0 Å². The Kier molecular flexibility index (Phi) is 7.16. The van der Waals surface area contributed by atoms with Gasteiger partial charge in [0.2, 0.25) is 0 Å². The Bertz CT molecular complexity index is 445. The number of aromatic nitrogens is 2. The van der Waals surface area contributed by atoms with Crippen molar-refractivity contribution in [1.29, 1.82) is 0 Å². The Morgan fingerprint density at radius 3 is 2.67 bits per heavy atom. The fourth-order valence-corrected chi connectivity index (χ4v) is 3.07. The second kappa shape index (κ2) is 8.11. The number of halogens is 1. The zero-order valence-corrected chi connectivity index (χ0v) is 13.6. The molecule has 0 fully saturated rings. The van der Waals surface area contributed by atoms with Gasteiger partial charge in [0, 0.05) is 13.0 Å². The predicted molar refractivity (Wildman–Crippen MR) is 80.5 cm³/mol. The normalized spacial score (nSPS) is 11.9. The number of alkyl halides is 1. The van der Waals surface area contributed by atoms with Gasteiger partial charge in [0.1, 0.15) is 5.82 Å². The average Bonchev–Trinajstić information content (AvgIpc) is 2.83. The Morgan fingerprint density at radius 1 is 1.33 bits per heavy atom. The summed E-state index contributed by atoms with van der Waals surface area (Å²) in [7, 11) is -3.41. The van der Waals surface area contributed by atoms with E-state index < -0.39 is 10.0 Å². The molecule has 0 aliphatic rings. The molecule has 0 saturated heterocycles. The lowest BCUT2D eigenvalue weighted by Gasteiger charge is -2.04. The lowest BCUT2D eigenvalue weighted by molar-refractivity contribution is 0.570. The molecule has 0 saturated carbocycles. The molecule has 0 spiro atoms. The minimum Gasteiger partial charge on any atom is -0.332 e. The van der Waals surface area contributed by atoms with E-state index in [1.165, 1.54) is 12.6 Å². The number of nitrogens with zero attached hydrogens (tertiary/aromatic N) is 1. The van der Waals surface area contributed by atoms with Crippen LogP contribution in [0.1, 0.15) is 38.4 Å². The fraction of sp³-hybridized carbons (Fsp3) is 0.727. The number of aromatic amines is 1. The zero-order chi connectivity index (χ0) is 13.4. The maximum Gasteiger partial charge on any atom is 0.257 e. The Morgan fingerprint density at radius 2 is 2.06 bits per heavy atom. The molecular formula is C11H20IN3O2S. The number of unbranched alkanes of at least 4 members (excludes halogenated alkanes) is 3. The lowest BCUT2D eigenvalue weighted by atomic mass is 10.2. The van der Waals surface area contributed by atoms with E-state index >= 15 is 0 Å². The van der Waals surface area contributed by atoms with Crippen LogP contribution in [0, 0.1) is 0 Å². The molecule has 0 radical (unpaired) electrons. The van der Waals surface area contributed by atoms with E-state index in [1.807, 2.05) is 6.92 Å². The van der Waals surface area contributed by atoms with Crippen LogP contribution in [-0.2, 0) is 16.4 Å². The smallest absolute Gasteiger partial charge is 0.257 e. The summed E-state index contributed by atoms with van der Waals surface area (Å²) in [6, 6.07) is 0. The summed E-state index contributed by atoms with van der Waals surface area (Å²) >= 11 is 2.35. The van der Waals surface area contributed by atoms with Gasteiger partial charge in [0.25, 0.3) is 10.0 Å². The topological polar surface area (TPSA) is 74.8 Å². The van der Waals surface area contributed by atoms with Gasteiger partial charge in [0.15, 0.2) is 5.03 Å². The molecule has 0 aliphatic heterocycles. The summed E-state index contributed by atoms with van der Waals surface area (Å²) in [5.74, 6) is 0.692. The summed E-state index contributed by atoms with van der Waals surface area (Å²) in [5, 5.41) is 0.159. The molecule has 1 aromatic rings. The number of hydrogen-bond acceptors (Lipinski definition) is 3. The van der Waals surface area contributed by atoms with Crippen LogP contribution in [-0.4, -0.2) is 29.4 Å². The van der Waals surface area contributed by atoms with E-state index in [-0.39, 0.29) is 5.03 Å². The van der Waals surface area contributed by atoms with Crippen LogP contribution in [0.15, 0.2) is 11.2 Å². The first-order valence-electron chi connectivity index (χ1n) is 6.19. The molecule has 7 heteroatoms. The average molecular weight is 385 g/mol. The molecule has 0 aliphatic carbocycles. The monoisotopic (exact) mass is 385 g/mol. The number of sulfonamides is 1. The van der Waals surface area contributed by atoms with Crippen molar-refractivity contribution in [2.75, 3.05) is 11.0 Å². The van der Waals surface area contributed by atoms with Gasteiger partial charge in [-0.2, -0.15) is 0 Å². The van der Waals surface area contributed by atoms with Crippen molar-refractivity contribution in [3.63, 3.8) is 0 Å². The fourth-order valence-electron chi connectivity index (χ4n) is 1.52. The molecule has 0 bridgehead atoms. The standard InChI is InChI=1S/C11H20IN3O2S/c1-2-10-13-9-11(15-10)18(16,17)14-8-6-4-3-5-7-12/h9,14H,2-8H2,1H3,(H,13,15). The van der Waals surface area contributed by atoms with Crippen molar-refractivity contribution < 1.29 is 8.42 Å². The van der Waals surface area contributed by atoms with Crippen LogP contribution < -0.4 is 4.72 Å². The number of rotatable bonds is 9. The van der Waals surface area contributed by atoms with Crippen LogP contribution in [0.5, 0.6) is 0 Å². The third kappa shape index (κ3) is 5.23. The van der Waals surface area contributed by atoms with Crippen molar-refractivity contribution in [3.8, 4) is 0 Å². The van der Waals surface area contributed by atoms with E-state index in [0.29, 0.717) is 18.8 Å². The molecule has 0 unspecified atom stereocenters. The minimum absolute atomic E-state index is 0.159. The van der Waals surface area contributed by atoms with Gasteiger partial charge < -0.3 is 4.98 Å². The number of nitrogens with one attached hydrogen (secondary N) is 2. The molecule has 1 aromatic heterocycles. The summed E-state index contributed by atoms with van der Waals surface area (Å²) in [6.45, 7) is 2.42. The van der Waals surface area contributed by atoms with Gasteiger partial charge in [-0.3, -0.25) is 0 Å². The molecule has 18 heavy (non-hydrogen) atoms. The second-order valence-corrected chi connectivity index (χ2v) is 6.86. The van der Waals surface area contributed by atoms with Crippen molar-refractivity contribution in [1.82, 2.24) is 14.7 Å². The molecule has 1 heterocycles. The van der Waals surface area contributed by atoms with Gasteiger partial charge in [0.05, 0.1) is 6.20 Å². The Balaban J connectivity index is 2.36. The van der Waals surface area contributed by atoms with Gasteiger partial charge in [-0.1, -0.05) is 42.4 Å². The van der Waals surface area contributed by atoms with Gasteiger partial charge in [-0.15, -0.1) is 0 Å². The maximum atomic E-state index is 11.9. The van der Waals surface area contributed by atoms with Crippen LogP contribution in [0.3, 0.4) is 0 Å². The van der Waals surface area contributed by atoms with E-state index in [4.69, 9.17) is 0 Å². The molecule has 0 atom stereocenters. The molecule has 0 amide bonds. The third-order valence-electron chi connectivity index (χ3n) is 2.58. The molecule has 5 nitrogen and oxygen atoms in total. The SMILES string of the molecule is CCc1ncc(S(=O)(=O)NCCCCCCI)[nH]1. The lowest BCUT2D eigenvalue weighted by Crippen LogP contribution is -2.25. The Labute approximate surface area is 122 Å². The molecule has 104 valence electrons. The van der Waals surface area contributed by atoms with E-state index in [9.17, 15) is 8.42 Å². The van der Waals surface area contributed by atoms with E-state index in [2.05, 4.69) is 37.3 Å². The second-order valence-electron chi connectivity index (χ2n) is 4.05. The number of imidazole rings is 1. The molecule has 0 aromatic carbocycles. The van der Waals surface area contributed by atoms with Crippen LogP contribution in [0.2, 0.25) is 0 Å². The first kappa shape index (κ1) is 15.9. The first-order chi connectivity index (χ1) is 8.60. The maximum absolute atomic E-state index is 11.9. The highest BCUT2D eigenvalue weighted by atomic mass is 127. The summed E-state index contributed by atoms with van der Waals surface area (Å²) in [6.07, 6.45) is 6.38. The highest BCUT2D eigenvalue weighted by molar-refractivity contribution is 14.1. The van der Waals surface area contributed by atoms with Gasteiger partial charge >= 0.3 is 0 Å². The van der Waals surface area contributed by atoms with Crippen molar-refractivity contribution >= 4 is 32.6 Å². The van der Waals surface area contributed by atoms with Crippen molar-refractivity contribution in [3.05, 3.63) is 12.0 Å². The summed E-state index contributed by atoms with van der Waals surface area (Å²) in [5.41, 5.74) is 0. The quantitative estimate of drug-likeness (QED) is 0.389. The number of aryl methyl sites for hydroxylation is 1. The van der Waals surface area contributed by atoms with Crippen LogP contribution in [0.4, 0.5) is 0 Å². The third-order valence-corrected chi connectivity index (χ3v) is 4.72. The molecule has 1 rings (SSSR count). The zero-order valence-electron chi connectivity index (χ0n) is 10.6. The molecule has 2 N–H and O–H groups in total. The summed E-state index contributed by atoms with van der Waals surface area (Å²) in [4.78, 5) is 6.80. The number of hydrogen-bond donors (Lipinski definition) is 2. The first-order valence-corrected chi connectivity index (χ1v) is 9.20. The van der Waals surface area contributed by atoms with E-state index in [1.54, 1.807) is 0 Å².